The smallest absolute Gasteiger partial charge is 0.226 e. The van der Waals surface area contributed by atoms with Gasteiger partial charge in [-0.2, -0.15) is 0 Å². The first kappa shape index (κ1) is 15.0. The summed E-state index contributed by atoms with van der Waals surface area (Å²) in [6, 6.07) is 10.3. The first-order valence-electron chi connectivity index (χ1n) is 6.36. The molecule has 0 radical (unpaired) electrons. The molecule has 0 heterocycles. The Morgan fingerprint density at radius 1 is 1.33 bits per heavy atom. The standard InChI is InChI=1S/C15H22ClNO/c1-12(13-7-5-4-6-8-13)9-10-17-14(18)15(2,3)11-16/h4-8,12H,9-11H2,1-3H3,(H,17,18). The van der Waals surface area contributed by atoms with Gasteiger partial charge in [-0.25, -0.2) is 0 Å². The third-order valence-electron chi connectivity index (χ3n) is 3.18. The third kappa shape index (κ3) is 4.34. The Labute approximate surface area is 115 Å². The first-order valence-corrected chi connectivity index (χ1v) is 6.90. The Hall–Kier alpha value is -1.02. The Morgan fingerprint density at radius 2 is 1.94 bits per heavy atom. The highest BCUT2D eigenvalue weighted by molar-refractivity contribution is 6.19. The zero-order valence-electron chi connectivity index (χ0n) is 11.4. The van der Waals surface area contributed by atoms with Gasteiger partial charge in [-0.15, -0.1) is 11.6 Å². The average Bonchev–Trinajstić information content (AvgIpc) is 2.39. The molecule has 0 bridgehead atoms. The van der Waals surface area contributed by atoms with Gasteiger partial charge in [0, 0.05) is 12.4 Å². The highest BCUT2D eigenvalue weighted by Gasteiger charge is 2.25. The minimum absolute atomic E-state index is 0.0257. The Bertz CT molecular complexity index is 375. The van der Waals surface area contributed by atoms with E-state index in [4.69, 9.17) is 11.6 Å². The minimum atomic E-state index is -0.489. The van der Waals surface area contributed by atoms with Crippen molar-refractivity contribution in [3.63, 3.8) is 0 Å². The Kier molecular flexibility index (Phi) is 5.67. The van der Waals surface area contributed by atoms with E-state index in [2.05, 4.69) is 24.4 Å². The van der Waals surface area contributed by atoms with Gasteiger partial charge in [0.25, 0.3) is 0 Å². The van der Waals surface area contributed by atoms with Gasteiger partial charge >= 0.3 is 0 Å². The van der Waals surface area contributed by atoms with Gasteiger partial charge in [-0.05, 0) is 31.7 Å². The second-order valence-electron chi connectivity index (χ2n) is 5.37. The highest BCUT2D eigenvalue weighted by Crippen LogP contribution is 2.19. The van der Waals surface area contributed by atoms with Crippen LogP contribution in [-0.4, -0.2) is 18.3 Å². The zero-order valence-corrected chi connectivity index (χ0v) is 12.1. The summed E-state index contributed by atoms with van der Waals surface area (Å²) >= 11 is 5.76. The van der Waals surface area contributed by atoms with Crippen LogP contribution in [0.3, 0.4) is 0 Å². The number of benzene rings is 1. The predicted molar refractivity (Wildman–Crippen MR) is 77.0 cm³/mol. The summed E-state index contributed by atoms with van der Waals surface area (Å²) in [5, 5.41) is 2.95. The van der Waals surface area contributed by atoms with Crippen LogP contribution in [0.15, 0.2) is 30.3 Å². The largest absolute Gasteiger partial charge is 0.356 e. The van der Waals surface area contributed by atoms with Crippen LogP contribution in [0, 0.1) is 5.41 Å². The van der Waals surface area contributed by atoms with E-state index >= 15 is 0 Å². The van der Waals surface area contributed by atoms with Gasteiger partial charge in [0.2, 0.25) is 5.91 Å². The van der Waals surface area contributed by atoms with E-state index in [-0.39, 0.29) is 5.91 Å². The van der Waals surface area contributed by atoms with E-state index in [0.29, 0.717) is 18.3 Å². The molecule has 1 amide bonds. The second kappa shape index (κ2) is 6.79. The summed E-state index contributed by atoms with van der Waals surface area (Å²) in [6.45, 7) is 6.58. The van der Waals surface area contributed by atoms with Crippen molar-refractivity contribution < 1.29 is 4.79 Å². The van der Waals surface area contributed by atoms with Crippen molar-refractivity contribution in [2.75, 3.05) is 12.4 Å². The maximum atomic E-state index is 11.8. The normalized spacial score (nSPS) is 13.1. The van der Waals surface area contributed by atoms with E-state index in [1.807, 2.05) is 32.0 Å². The molecule has 18 heavy (non-hydrogen) atoms. The van der Waals surface area contributed by atoms with Gasteiger partial charge in [-0.3, -0.25) is 4.79 Å². The molecule has 2 nitrogen and oxygen atoms in total. The lowest BCUT2D eigenvalue weighted by Gasteiger charge is -2.21. The number of alkyl halides is 1. The molecular weight excluding hydrogens is 246 g/mol. The summed E-state index contributed by atoms with van der Waals surface area (Å²) in [6.07, 6.45) is 0.939. The van der Waals surface area contributed by atoms with Gasteiger partial charge < -0.3 is 5.32 Å². The molecule has 3 heteroatoms. The summed E-state index contributed by atoms with van der Waals surface area (Å²) in [7, 11) is 0. The highest BCUT2D eigenvalue weighted by atomic mass is 35.5. The number of halogens is 1. The van der Waals surface area contributed by atoms with E-state index < -0.39 is 5.41 Å². The van der Waals surface area contributed by atoms with Crippen LogP contribution in [0.5, 0.6) is 0 Å². The minimum Gasteiger partial charge on any atom is -0.356 e. The summed E-state index contributed by atoms with van der Waals surface area (Å²) in [4.78, 5) is 11.8. The first-order chi connectivity index (χ1) is 8.47. The Balaban J connectivity index is 2.37. The number of amides is 1. The molecule has 1 rings (SSSR count). The quantitative estimate of drug-likeness (QED) is 0.785. The number of hydrogen-bond acceptors (Lipinski definition) is 1. The topological polar surface area (TPSA) is 29.1 Å². The molecule has 100 valence electrons. The van der Waals surface area contributed by atoms with Crippen LogP contribution < -0.4 is 5.32 Å². The van der Waals surface area contributed by atoms with Gasteiger partial charge in [0.05, 0.1) is 5.41 Å². The number of hydrogen-bond donors (Lipinski definition) is 1. The lowest BCUT2D eigenvalue weighted by atomic mass is 9.94. The van der Waals surface area contributed by atoms with Crippen LogP contribution in [-0.2, 0) is 4.79 Å². The molecule has 0 saturated carbocycles. The molecule has 1 aromatic rings. The fourth-order valence-electron chi connectivity index (χ4n) is 1.65. The summed E-state index contributed by atoms with van der Waals surface area (Å²) in [5.41, 5.74) is 0.820. The summed E-state index contributed by atoms with van der Waals surface area (Å²) in [5.74, 6) is 0.816. The average molecular weight is 268 g/mol. The van der Waals surface area contributed by atoms with Crippen molar-refractivity contribution >= 4 is 17.5 Å². The van der Waals surface area contributed by atoms with Crippen LogP contribution >= 0.6 is 11.6 Å². The van der Waals surface area contributed by atoms with Crippen molar-refractivity contribution in [1.82, 2.24) is 5.32 Å². The van der Waals surface area contributed by atoms with E-state index in [9.17, 15) is 4.79 Å². The fraction of sp³-hybridized carbons (Fsp3) is 0.533. The molecule has 0 spiro atoms. The predicted octanol–water partition coefficient (Wildman–Crippen LogP) is 3.56. The van der Waals surface area contributed by atoms with E-state index in [1.54, 1.807) is 0 Å². The van der Waals surface area contributed by atoms with Gasteiger partial charge in [0.1, 0.15) is 0 Å². The number of nitrogens with one attached hydrogen (secondary N) is 1. The van der Waals surface area contributed by atoms with Crippen molar-refractivity contribution in [3.8, 4) is 0 Å². The summed E-state index contributed by atoms with van der Waals surface area (Å²) < 4.78 is 0. The molecule has 1 atom stereocenters. The van der Waals surface area contributed by atoms with Crippen LogP contribution in [0.4, 0.5) is 0 Å². The van der Waals surface area contributed by atoms with Crippen LogP contribution in [0.2, 0.25) is 0 Å². The lowest BCUT2D eigenvalue weighted by molar-refractivity contribution is -0.128. The SMILES string of the molecule is CC(CCNC(=O)C(C)(C)CCl)c1ccccc1. The van der Waals surface area contributed by atoms with Crippen molar-refractivity contribution in [3.05, 3.63) is 35.9 Å². The molecular formula is C15H22ClNO. The zero-order chi connectivity index (χ0) is 13.6. The molecule has 0 aliphatic carbocycles. The molecule has 1 unspecified atom stereocenters. The maximum Gasteiger partial charge on any atom is 0.226 e. The molecule has 0 aliphatic heterocycles. The second-order valence-corrected chi connectivity index (χ2v) is 5.64. The number of rotatable bonds is 6. The molecule has 0 aliphatic rings. The fourth-order valence-corrected chi connectivity index (χ4v) is 1.77. The van der Waals surface area contributed by atoms with E-state index in [0.717, 1.165) is 6.42 Å². The van der Waals surface area contributed by atoms with Crippen molar-refractivity contribution in [2.24, 2.45) is 5.41 Å². The monoisotopic (exact) mass is 267 g/mol. The number of carbonyl (C=O) groups excluding carboxylic acids is 1. The molecule has 0 fully saturated rings. The van der Waals surface area contributed by atoms with Crippen molar-refractivity contribution in [1.29, 1.82) is 0 Å². The van der Waals surface area contributed by atoms with E-state index in [1.165, 1.54) is 5.56 Å². The third-order valence-corrected chi connectivity index (χ3v) is 3.85. The van der Waals surface area contributed by atoms with Crippen LogP contribution in [0.1, 0.15) is 38.7 Å². The lowest BCUT2D eigenvalue weighted by Crippen LogP contribution is -2.38. The molecule has 0 saturated heterocycles. The molecule has 1 N–H and O–H groups in total. The van der Waals surface area contributed by atoms with Gasteiger partial charge in [-0.1, -0.05) is 37.3 Å². The van der Waals surface area contributed by atoms with Crippen LogP contribution in [0.25, 0.3) is 0 Å². The molecule has 0 aromatic heterocycles. The number of carbonyl (C=O) groups is 1. The van der Waals surface area contributed by atoms with Gasteiger partial charge in [0.15, 0.2) is 0 Å². The Morgan fingerprint density at radius 3 is 2.50 bits per heavy atom. The van der Waals surface area contributed by atoms with Crippen molar-refractivity contribution in [2.45, 2.75) is 33.1 Å². The maximum absolute atomic E-state index is 11.8. The molecule has 1 aromatic carbocycles.